The molecule has 7 heteroatoms. The van der Waals surface area contributed by atoms with Gasteiger partial charge in [-0.15, -0.1) is 0 Å². The van der Waals surface area contributed by atoms with Gasteiger partial charge in [-0.3, -0.25) is 0 Å². The number of aliphatic hydroxyl groups excluding tert-OH is 1. The van der Waals surface area contributed by atoms with E-state index >= 15 is 0 Å². The minimum atomic E-state index is -3.18. The van der Waals surface area contributed by atoms with Gasteiger partial charge in [0.2, 0.25) is 0 Å². The number of aliphatic hydroxyl groups is 1. The second kappa shape index (κ2) is 4.68. The monoisotopic (exact) mass is 293 g/mol. The minimum absolute atomic E-state index is 0.131. The van der Waals surface area contributed by atoms with Crippen molar-refractivity contribution >= 4 is 26.6 Å². The van der Waals surface area contributed by atoms with E-state index in [2.05, 4.69) is 15.3 Å². The number of fused-ring (bicyclic) bond motifs is 3. The summed E-state index contributed by atoms with van der Waals surface area (Å²) in [6.07, 6.45) is 1.40. The molecule has 106 valence electrons. The van der Waals surface area contributed by atoms with E-state index in [4.69, 9.17) is 0 Å². The molecule has 0 bridgehead atoms. The van der Waals surface area contributed by atoms with Gasteiger partial charge in [-0.1, -0.05) is 0 Å². The predicted molar refractivity (Wildman–Crippen MR) is 75.5 cm³/mol. The Morgan fingerprint density at radius 3 is 2.95 bits per heavy atom. The molecule has 1 aliphatic heterocycles. The Morgan fingerprint density at radius 1 is 1.40 bits per heavy atom. The molecule has 0 unspecified atom stereocenters. The van der Waals surface area contributed by atoms with Crippen molar-refractivity contribution in [2.24, 2.45) is 0 Å². The first-order valence-corrected chi connectivity index (χ1v) is 8.05. The van der Waals surface area contributed by atoms with Crippen LogP contribution in [-0.4, -0.2) is 41.9 Å². The highest BCUT2D eigenvalue weighted by Crippen LogP contribution is 2.34. The van der Waals surface area contributed by atoms with Crippen molar-refractivity contribution in [2.75, 3.05) is 17.6 Å². The molecule has 0 radical (unpaired) electrons. The van der Waals surface area contributed by atoms with Gasteiger partial charge in [-0.2, -0.15) is 0 Å². The van der Waals surface area contributed by atoms with E-state index in [1.165, 1.54) is 6.33 Å². The third kappa shape index (κ3) is 2.12. The van der Waals surface area contributed by atoms with E-state index in [0.717, 1.165) is 10.9 Å². The van der Waals surface area contributed by atoms with Crippen LogP contribution < -0.4 is 5.32 Å². The molecule has 0 saturated heterocycles. The van der Waals surface area contributed by atoms with E-state index in [1.54, 1.807) is 19.1 Å². The van der Waals surface area contributed by atoms with E-state index in [-0.39, 0.29) is 5.75 Å². The summed E-state index contributed by atoms with van der Waals surface area (Å²) in [6.45, 7) is 2.02. The van der Waals surface area contributed by atoms with Crippen LogP contribution in [0.1, 0.15) is 12.5 Å². The van der Waals surface area contributed by atoms with Crippen LogP contribution in [0.5, 0.6) is 0 Å². The molecule has 0 saturated carbocycles. The Labute approximate surface area is 116 Å². The number of rotatable bonds is 3. The Bertz CT molecular complexity index is 772. The molecule has 0 aliphatic carbocycles. The number of anilines is 1. The molecule has 1 aromatic heterocycles. The van der Waals surface area contributed by atoms with E-state index < -0.39 is 15.9 Å². The zero-order valence-electron chi connectivity index (χ0n) is 11.0. The van der Waals surface area contributed by atoms with Gasteiger partial charge in [0, 0.05) is 11.9 Å². The molecule has 2 heterocycles. The van der Waals surface area contributed by atoms with E-state index in [0.29, 0.717) is 29.2 Å². The lowest BCUT2D eigenvalue weighted by molar-refractivity contribution is 0.208. The Balaban J connectivity index is 2.20. The van der Waals surface area contributed by atoms with Crippen LogP contribution in [0, 0.1) is 0 Å². The molecular weight excluding hydrogens is 278 g/mol. The normalized spacial score (nSPS) is 17.9. The molecule has 2 aromatic rings. The average Bonchev–Trinajstić information content (AvgIpc) is 2.72. The summed E-state index contributed by atoms with van der Waals surface area (Å²) in [5.41, 5.74) is 1.49. The largest absolute Gasteiger partial charge is 0.392 e. The van der Waals surface area contributed by atoms with Gasteiger partial charge in [0.1, 0.15) is 12.1 Å². The average molecular weight is 293 g/mol. The Morgan fingerprint density at radius 2 is 2.20 bits per heavy atom. The van der Waals surface area contributed by atoms with Gasteiger partial charge < -0.3 is 10.4 Å². The molecule has 6 nitrogen and oxygen atoms in total. The summed E-state index contributed by atoms with van der Waals surface area (Å²) in [5, 5.41) is 13.2. The highest BCUT2D eigenvalue weighted by Gasteiger charge is 2.29. The van der Waals surface area contributed by atoms with Crippen molar-refractivity contribution < 1.29 is 13.5 Å². The molecule has 0 fully saturated rings. The quantitative estimate of drug-likeness (QED) is 0.867. The standard InChI is InChI=1S/C13H15N3O3S/c1-8(17)6-14-13-12-9-4-5-20(18,19)11(9)3-2-10(12)15-7-16-13/h2-3,7-8,17H,4-6H2,1H3,(H,14,15,16)/t8-/m1/s1. The molecule has 0 spiro atoms. The molecule has 1 aliphatic rings. The smallest absolute Gasteiger partial charge is 0.179 e. The number of sulfone groups is 1. The molecule has 0 amide bonds. The lowest BCUT2D eigenvalue weighted by atomic mass is 10.1. The summed E-state index contributed by atoms with van der Waals surface area (Å²) in [4.78, 5) is 8.74. The third-order valence-electron chi connectivity index (χ3n) is 3.39. The van der Waals surface area contributed by atoms with E-state index in [9.17, 15) is 13.5 Å². The fourth-order valence-electron chi connectivity index (χ4n) is 2.47. The van der Waals surface area contributed by atoms with Gasteiger partial charge >= 0.3 is 0 Å². The zero-order chi connectivity index (χ0) is 14.3. The van der Waals surface area contributed by atoms with Crippen molar-refractivity contribution in [3.8, 4) is 0 Å². The van der Waals surface area contributed by atoms with Gasteiger partial charge in [-0.25, -0.2) is 18.4 Å². The Hall–Kier alpha value is -1.73. The van der Waals surface area contributed by atoms with Crippen molar-refractivity contribution in [1.29, 1.82) is 0 Å². The molecule has 3 rings (SSSR count). The first kappa shape index (κ1) is 13.3. The second-order valence-electron chi connectivity index (χ2n) is 4.96. The highest BCUT2D eigenvalue weighted by atomic mass is 32.2. The highest BCUT2D eigenvalue weighted by molar-refractivity contribution is 7.91. The summed E-state index contributed by atoms with van der Waals surface area (Å²) >= 11 is 0. The van der Waals surface area contributed by atoms with Crippen molar-refractivity contribution in [2.45, 2.75) is 24.3 Å². The number of aryl methyl sites for hydroxylation is 1. The number of nitrogens with zero attached hydrogens (tertiary/aromatic N) is 2. The van der Waals surface area contributed by atoms with Crippen LogP contribution in [-0.2, 0) is 16.3 Å². The SMILES string of the molecule is C[C@@H](O)CNc1ncnc2ccc3c(c12)CCS3(=O)=O. The number of hydrogen-bond donors (Lipinski definition) is 2. The maximum atomic E-state index is 12.0. The fourth-order valence-corrected chi connectivity index (χ4v) is 4.01. The molecule has 20 heavy (non-hydrogen) atoms. The van der Waals surface area contributed by atoms with Crippen molar-refractivity contribution in [1.82, 2.24) is 9.97 Å². The number of hydrogen-bond acceptors (Lipinski definition) is 6. The van der Waals surface area contributed by atoms with Gasteiger partial charge in [0.25, 0.3) is 0 Å². The lowest BCUT2D eigenvalue weighted by Gasteiger charge is -2.12. The van der Waals surface area contributed by atoms with Gasteiger partial charge in [-0.05, 0) is 31.0 Å². The second-order valence-corrected chi connectivity index (χ2v) is 7.04. The number of benzene rings is 1. The molecule has 2 N–H and O–H groups in total. The molecule has 1 atom stereocenters. The Kier molecular flexibility index (Phi) is 3.10. The van der Waals surface area contributed by atoms with Crippen LogP contribution in [0.15, 0.2) is 23.4 Å². The maximum Gasteiger partial charge on any atom is 0.179 e. The zero-order valence-corrected chi connectivity index (χ0v) is 11.8. The van der Waals surface area contributed by atoms with Crippen LogP contribution in [0.2, 0.25) is 0 Å². The van der Waals surface area contributed by atoms with Crippen LogP contribution >= 0.6 is 0 Å². The van der Waals surface area contributed by atoms with Gasteiger partial charge in [0.05, 0.1) is 22.3 Å². The third-order valence-corrected chi connectivity index (χ3v) is 5.18. The minimum Gasteiger partial charge on any atom is -0.392 e. The predicted octanol–water partition coefficient (Wildman–Crippen LogP) is 0.752. The first-order chi connectivity index (χ1) is 9.49. The first-order valence-electron chi connectivity index (χ1n) is 6.40. The summed E-state index contributed by atoms with van der Waals surface area (Å²) < 4.78 is 23.9. The maximum absolute atomic E-state index is 12.0. The van der Waals surface area contributed by atoms with Crippen LogP contribution in [0.3, 0.4) is 0 Å². The topological polar surface area (TPSA) is 92.2 Å². The number of aromatic nitrogens is 2. The molecular formula is C13H15N3O3S. The summed E-state index contributed by atoms with van der Waals surface area (Å²) in [5.74, 6) is 0.705. The number of nitrogens with one attached hydrogen (secondary N) is 1. The van der Waals surface area contributed by atoms with Crippen molar-refractivity contribution in [3.63, 3.8) is 0 Å². The van der Waals surface area contributed by atoms with Gasteiger partial charge in [0.15, 0.2) is 9.84 Å². The lowest BCUT2D eigenvalue weighted by Crippen LogP contribution is -2.16. The van der Waals surface area contributed by atoms with Crippen LogP contribution in [0.4, 0.5) is 5.82 Å². The van der Waals surface area contributed by atoms with Crippen LogP contribution in [0.25, 0.3) is 10.9 Å². The fraction of sp³-hybridized carbons (Fsp3) is 0.385. The molecule has 1 aromatic carbocycles. The summed E-state index contributed by atoms with van der Waals surface area (Å²) in [6, 6.07) is 3.32. The summed E-state index contributed by atoms with van der Waals surface area (Å²) in [7, 11) is -3.18. The van der Waals surface area contributed by atoms with Crippen molar-refractivity contribution in [3.05, 3.63) is 24.0 Å². The van der Waals surface area contributed by atoms with E-state index in [1.807, 2.05) is 0 Å².